The Kier molecular flexibility index (Phi) is 5.16. The molecule has 0 saturated carbocycles. The molecule has 3 heteroatoms. The summed E-state index contributed by atoms with van der Waals surface area (Å²) in [6, 6.07) is 0. The zero-order chi connectivity index (χ0) is 7.98. The third kappa shape index (κ3) is 5.72. The third-order valence-electron chi connectivity index (χ3n) is 0.952. The monoisotopic (exact) mass is 145 g/mol. The number of ketones is 1. The van der Waals surface area contributed by atoms with Crippen LogP contribution in [0.1, 0.15) is 13.8 Å². The second-order valence-electron chi connectivity index (χ2n) is 2.43. The van der Waals surface area contributed by atoms with Gasteiger partial charge in [-0.25, -0.2) is 0 Å². The number of carbonyl (C=O) groups is 1. The number of ether oxygens (including phenoxy) is 1. The van der Waals surface area contributed by atoms with E-state index in [9.17, 15) is 4.79 Å². The molecule has 0 fully saturated rings. The van der Waals surface area contributed by atoms with Crippen molar-refractivity contribution in [3.63, 3.8) is 0 Å². The number of hydrogen-bond donors (Lipinski definition) is 1. The molecular formula is C7H15NO2. The molecule has 0 aromatic rings. The Morgan fingerprint density at radius 3 is 2.60 bits per heavy atom. The molecule has 10 heavy (non-hydrogen) atoms. The molecular weight excluding hydrogens is 130 g/mol. The quantitative estimate of drug-likeness (QED) is 0.600. The van der Waals surface area contributed by atoms with E-state index in [-0.39, 0.29) is 18.5 Å². The van der Waals surface area contributed by atoms with Gasteiger partial charge in [-0.05, 0) is 20.9 Å². The van der Waals surface area contributed by atoms with Crippen LogP contribution in [0.2, 0.25) is 0 Å². The summed E-state index contributed by atoms with van der Waals surface area (Å²) in [4.78, 5) is 10.8. The van der Waals surface area contributed by atoms with Crippen molar-refractivity contribution >= 4 is 5.78 Å². The first-order valence-electron chi connectivity index (χ1n) is 3.44. The SMILES string of the molecule is CNCC(=O)COC(C)C. The molecule has 1 N–H and O–H groups in total. The minimum atomic E-state index is 0.0937. The van der Waals surface area contributed by atoms with Crippen LogP contribution in [0.3, 0.4) is 0 Å². The maximum Gasteiger partial charge on any atom is 0.172 e. The highest BCUT2D eigenvalue weighted by Crippen LogP contribution is 1.86. The van der Waals surface area contributed by atoms with Gasteiger partial charge in [0.15, 0.2) is 5.78 Å². The fraction of sp³-hybridized carbons (Fsp3) is 0.857. The topological polar surface area (TPSA) is 38.3 Å². The molecule has 0 aromatic carbocycles. The van der Waals surface area contributed by atoms with Crippen molar-refractivity contribution in [2.24, 2.45) is 0 Å². The van der Waals surface area contributed by atoms with Crippen LogP contribution in [-0.2, 0) is 9.53 Å². The average Bonchev–Trinajstić information content (AvgIpc) is 1.85. The first-order valence-corrected chi connectivity index (χ1v) is 3.44. The molecule has 0 bridgehead atoms. The number of Topliss-reactive ketones (excluding diaryl/α,β-unsaturated/α-hetero) is 1. The number of nitrogens with one attached hydrogen (secondary N) is 1. The van der Waals surface area contributed by atoms with Crippen molar-refractivity contribution in [1.29, 1.82) is 0 Å². The minimum absolute atomic E-state index is 0.0937. The predicted octanol–water partition coefficient (Wildman–Crippen LogP) is 0.200. The smallest absolute Gasteiger partial charge is 0.172 e. The van der Waals surface area contributed by atoms with E-state index in [0.717, 1.165) is 0 Å². The summed E-state index contributed by atoms with van der Waals surface area (Å²) >= 11 is 0. The Labute approximate surface area is 61.8 Å². The van der Waals surface area contributed by atoms with Crippen LogP contribution >= 0.6 is 0 Å². The van der Waals surface area contributed by atoms with E-state index >= 15 is 0 Å². The predicted molar refractivity (Wildman–Crippen MR) is 40.0 cm³/mol. The van der Waals surface area contributed by atoms with E-state index in [1.54, 1.807) is 7.05 Å². The highest BCUT2D eigenvalue weighted by atomic mass is 16.5. The van der Waals surface area contributed by atoms with E-state index in [0.29, 0.717) is 6.54 Å². The van der Waals surface area contributed by atoms with Crippen molar-refractivity contribution < 1.29 is 9.53 Å². The Hall–Kier alpha value is -0.410. The Morgan fingerprint density at radius 2 is 2.20 bits per heavy atom. The second kappa shape index (κ2) is 5.38. The van der Waals surface area contributed by atoms with Crippen molar-refractivity contribution in [3.8, 4) is 0 Å². The zero-order valence-electron chi connectivity index (χ0n) is 6.81. The minimum Gasteiger partial charge on any atom is -0.371 e. The largest absolute Gasteiger partial charge is 0.371 e. The van der Waals surface area contributed by atoms with E-state index in [4.69, 9.17) is 4.74 Å². The highest BCUT2D eigenvalue weighted by molar-refractivity contribution is 5.81. The molecule has 0 rings (SSSR count). The van der Waals surface area contributed by atoms with Gasteiger partial charge in [0, 0.05) is 0 Å². The van der Waals surface area contributed by atoms with Gasteiger partial charge in [-0.3, -0.25) is 4.79 Å². The summed E-state index contributed by atoms with van der Waals surface area (Å²) in [5, 5.41) is 2.76. The molecule has 0 aliphatic rings. The lowest BCUT2D eigenvalue weighted by atomic mass is 10.4. The van der Waals surface area contributed by atoms with E-state index in [1.807, 2.05) is 13.8 Å². The van der Waals surface area contributed by atoms with Gasteiger partial charge in [0.2, 0.25) is 0 Å². The van der Waals surface area contributed by atoms with Crippen LogP contribution < -0.4 is 5.32 Å². The number of carbonyl (C=O) groups excluding carboxylic acids is 1. The molecule has 0 aliphatic carbocycles. The van der Waals surface area contributed by atoms with Gasteiger partial charge in [0.1, 0.15) is 6.61 Å². The molecule has 0 heterocycles. The molecule has 3 nitrogen and oxygen atoms in total. The number of hydrogen-bond acceptors (Lipinski definition) is 3. The summed E-state index contributed by atoms with van der Waals surface area (Å²) in [5.74, 6) is 0.0937. The maximum absolute atomic E-state index is 10.8. The lowest BCUT2D eigenvalue weighted by Gasteiger charge is -2.05. The van der Waals surface area contributed by atoms with Gasteiger partial charge < -0.3 is 10.1 Å². The first-order chi connectivity index (χ1) is 4.66. The Balaban J connectivity index is 3.22. The molecule has 0 aliphatic heterocycles. The molecule has 0 saturated heterocycles. The summed E-state index contributed by atoms with van der Waals surface area (Å²) in [5.41, 5.74) is 0. The van der Waals surface area contributed by atoms with Gasteiger partial charge in [0.05, 0.1) is 12.6 Å². The molecule has 0 radical (unpaired) electrons. The van der Waals surface area contributed by atoms with Crippen molar-refractivity contribution in [3.05, 3.63) is 0 Å². The number of rotatable bonds is 5. The molecule has 0 spiro atoms. The third-order valence-corrected chi connectivity index (χ3v) is 0.952. The van der Waals surface area contributed by atoms with Crippen molar-refractivity contribution in [1.82, 2.24) is 5.32 Å². The van der Waals surface area contributed by atoms with Crippen LogP contribution in [0.15, 0.2) is 0 Å². The van der Waals surface area contributed by atoms with E-state index in [1.165, 1.54) is 0 Å². The lowest BCUT2D eigenvalue weighted by molar-refractivity contribution is -0.124. The van der Waals surface area contributed by atoms with Crippen LogP contribution in [0, 0.1) is 0 Å². The molecule has 0 aromatic heterocycles. The van der Waals surface area contributed by atoms with E-state index in [2.05, 4.69) is 5.32 Å². The molecule has 0 amide bonds. The summed E-state index contributed by atoms with van der Waals surface area (Å²) in [6.45, 7) is 4.44. The van der Waals surface area contributed by atoms with Crippen molar-refractivity contribution in [2.75, 3.05) is 20.2 Å². The van der Waals surface area contributed by atoms with Gasteiger partial charge in [-0.15, -0.1) is 0 Å². The summed E-state index contributed by atoms with van der Waals surface area (Å²) < 4.78 is 5.07. The van der Waals surface area contributed by atoms with Gasteiger partial charge in [-0.1, -0.05) is 0 Å². The van der Waals surface area contributed by atoms with Crippen LogP contribution in [0.5, 0.6) is 0 Å². The number of likely N-dealkylation sites (N-methyl/N-ethyl adjacent to an activating group) is 1. The highest BCUT2D eigenvalue weighted by Gasteiger charge is 2.00. The first kappa shape index (κ1) is 9.59. The van der Waals surface area contributed by atoms with Crippen LogP contribution in [0.4, 0.5) is 0 Å². The van der Waals surface area contributed by atoms with Crippen molar-refractivity contribution in [2.45, 2.75) is 20.0 Å². The van der Waals surface area contributed by atoms with Gasteiger partial charge in [-0.2, -0.15) is 0 Å². The molecule has 0 unspecified atom stereocenters. The normalized spacial score (nSPS) is 10.4. The average molecular weight is 145 g/mol. The zero-order valence-corrected chi connectivity index (χ0v) is 6.81. The van der Waals surface area contributed by atoms with Crippen LogP contribution in [0.25, 0.3) is 0 Å². The van der Waals surface area contributed by atoms with Gasteiger partial charge in [0.25, 0.3) is 0 Å². The summed E-state index contributed by atoms with van der Waals surface area (Å²) in [6.07, 6.45) is 0.140. The molecule has 0 atom stereocenters. The summed E-state index contributed by atoms with van der Waals surface area (Å²) in [7, 11) is 1.74. The maximum atomic E-state index is 10.8. The van der Waals surface area contributed by atoms with E-state index < -0.39 is 0 Å². The van der Waals surface area contributed by atoms with Gasteiger partial charge >= 0.3 is 0 Å². The lowest BCUT2D eigenvalue weighted by Crippen LogP contribution is -2.24. The Bertz CT molecular complexity index is 102. The fourth-order valence-electron chi connectivity index (χ4n) is 0.508. The Morgan fingerprint density at radius 1 is 1.60 bits per heavy atom. The second-order valence-corrected chi connectivity index (χ2v) is 2.43. The molecule has 60 valence electrons. The standard InChI is InChI=1S/C7H15NO2/c1-6(2)10-5-7(9)4-8-3/h6,8H,4-5H2,1-3H3. The van der Waals surface area contributed by atoms with Crippen LogP contribution in [-0.4, -0.2) is 32.1 Å². The fourth-order valence-corrected chi connectivity index (χ4v) is 0.508.